The molecule has 0 aliphatic heterocycles. The molecule has 1 aromatic rings. The van der Waals surface area contributed by atoms with E-state index in [0.717, 1.165) is 38.8 Å². The Bertz CT molecular complexity index is 461. The Hall–Kier alpha value is -1.46. The van der Waals surface area contributed by atoms with Crippen LogP contribution in [-0.2, 0) is 11.2 Å². The van der Waals surface area contributed by atoms with Crippen molar-refractivity contribution in [2.24, 2.45) is 5.73 Å². The zero-order chi connectivity index (χ0) is 15.3. The Kier molecular flexibility index (Phi) is 5.31. The van der Waals surface area contributed by atoms with Gasteiger partial charge in [0.1, 0.15) is 0 Å². The summed E-state index contributed by atoms with van der Waals surface area (Å²) in [5.41, 5.74) is 6.26. The van der Waals surface area contributed by atoms with E-state index in [0.29, 0.717) is 6.04 Å². The maximum Gasteiger partial charge on any atom is 0.237 e. The predicted molar refractivity (Wildman–Crippen MR) is 83.8 cm³/mol. The Labute approximate surface area is 126 Å². The second-order valence-corrected chi connectivity index (χ2v) is 6.27. The number of nitrogens with one attached hydrogen (secondary N) is 1. The highest BCUT2D eigenvalue weighted by Gasteiger charge is 2.36. The maximum absolute atomic E-state index is 11.7. The lowest BCUT2D eigenvalue weighted by molar-refractivity contribution is -0.124. The van der Waals surface area contributed by atoms with E-state index in [-0.39, 0.29) is 5.91 Å². The number of carbonyl (C=O) groups is 1. The van der Waals surface area contributed by atoms with E-state index in [1.165, 1.54) is 5.56 Å². The predicted octanol–water partition coefficient (Wildman–Crippen LogP) is 0.942. The monoisotopic (exact) mass is 290 g/mol. The van der Waals surface area contributed by atoms with Gasteiger partial charge in [0.05, 0.1) is 5.54 Å². The molecule has 1 unspecified atom stereocenters. The second-order valence-electron chi connectivity index (χ2n) is 6.27. The smallest absolute Gasteiger partial charge is 0.237 e. The molecule has 21 heavy (non-hydrogen) atoms. The largest absolute Gasteiger partial charge is 0.368 e. The van der Waals surface area contributed by atoms with Gasteiger partial charge in [-0.1, -0.05) is 0 Å². The van der Waals surface area contributed by atoms with Gasteiger partial charge in [0.25, 0.3) is 0 Å². The SMILES string of the molecule is CN(CCc1ccncc1)CCC(C)(NC1CC1)C(N)=O. The maximum atomic E-state index is 11.7. The number of primary amides is 1. The molecule has 3 N–H and O–H groups in total. The van der Waals surface area contributed by atoms with E-state index in [1.807, 2.05) is 31.5 Å². The first-order valence-corrected chi connectivity index (χ1v) is 7.65. The van der Waals surface area contributed by atoms with Gasteiger partial charge >= 0.3 is 0 Å². The number of rotatable bonds is 9. The van der Waals surface area contributed by atoms with Crippen molar-refractivity contribution in [2.75, 3.05) is 20.1 Å². The minimum Gasteiger partial charge on any atom is -0.368 e. The Morgan fingerprint density at radius 3 is 2.67 bits per heavy atom. The number of likely N-dealkylation sites (N-methyl/N-ethyl adjacent to an activating group) is 1. The molecular weight excluding hydrogens is 264 g/mol. The molecule has 0 spiro atoms. The molecule has 1 aliphatic rings. The topological polar surface area (TPSA) is 71.2 Å². The molecule has 0 aromatic carbocycles. The van der Waals surface area contributed by atoms with Crippen LogP contribution in [0, 0.1) is 0 Å². The average molecular weight is 290 g/mol. The molecule has 2 rings (SSSR count). The molecule has 1 heterocycles. The summed E-state index contributed by atoms with van der Waals surface area (Å²) in [6, 6.07) is 4.55. The molecule has 1 amide bonds. The van der Waals surface area contributed by atoms with Gasteiger partial charge in [-0.05, 0) is 57.4 Å². The van der Waals surface area contributed by atoms with E-state index < -0.39 is 5.54 Å². The molecule has 0 radical (unpaired) electrons. The third-order valence-electron chi connectivity index (χ3n) is 4.17. The molecule has 0 bridgehead atoms. The van der Waals surface area contributed by atoms with Gasteiger partial charge in [-0.2, -0.15) is 0 Å². The molecular formula is C16H26N4O. The van der Waals surface area contributed by atoms with Gasteiger partial charge in [0.2, 0.25) is 5.91 Å². The van der Waals surface area contributed by atoms with Crippen molar-refractivity contribution in [2.45, 2.75) is 44.2 Å². The number of pyridine rings is 1. The Balaban J connectivity index is 1.76. The van der Waals surface area contributed by atoms with E-state index in [9.17, 15) is 4.79 Å². The van der Waals surface area contributed by atoms with Crippen molar-refractivity contribution in [3.63, 3.8) is 0 Å². The van der Waals surface area contributed by atoms with Gasteiger partial charge in [-0.15, -0.1) is 0 Å². The van der Waals surface area contributed by atoms with Crippen molar-refractivity contribution in [1.82, 2.24) is 15.2 Å². The summed E-state index contributed by atoms with van der Waals surface area (Å²) in [6.07, 6.45) is 7.67. The molecule has 1 atom stereocenters. The van der Waals surface area contributed by atoms with Crippen LogP contribution in [-0.4, -0.2) is 47.5 Å². The van der Waals surface area contributed by atoms with Crippen LogP contribution in [0.1, 0.15) is 31.7 Å². The lowest BCUT2D eigenvalue weighted by Gasteiger charge is -2.30. The van der Waals surface area contributed by atoms with E-state index in [4.69, 9.17) is 5.73 Å². The van der Waals surface area contributed by atoms with Gasteiger partial charge in [-0.3, -0.25) is 9.78 Å². The lowest BCUT2D eigenvalue weighted by atomic mass is 9.96. The highest BCUT2D eigenvalue weighted by molar-refractivity contribution is 5.84. The number of aromatic nitrogens is 1. The summed E-state index contributed by atoms with van der Waals surface area (Å²) in [7, 11) is 2.08. The Morgan fingerprint density at radius 2 is 2.10 bits per heavy atom. The normalized spacial score (nSPS) is 17.7. The van der Waals surface area contributed by atoms with Crippen LogP contribution in [0.3, 0.4) is 0 Å². The van der Waals surface area contributed by atoms with Crippen LogP contribution in [0.15, 0.2) is 24.5 Å². The zero-order valence-electron chi connectivity index (χ0n) is 13.0. The quantitative estimate of drug-likeness (QED) is 0.710. The fourth-order valence-corrected chi connectivity index (χ4v) is 2.34. The standard InChI is InChI=1S/C16H26N4O/c1-16(15(17)21,19-14-3-4-14)8-12-20(2)11-7-13-5-9-18-10-6-13/h5-6,9-10,14,19H,3-4,7-8,11-12H2,1-2H3,(H2,17,21). The summed E-state index contributed by atoms with van der Waals surface area (Å²) in [5.74, 6) is -0.253. The molecule has 116 valence electrons. The number of amides is 1. The molecule has 5 nitrogen and oxygen atoms in total. The van der Waals surface area contributed by atoms with Crippen LogP contribution in [0.2, 0.25) is 0 Å². The van der Waals surface area contributed by atoms with Gasteiger partial charge in [0.15, 0.2) is 0 Å². The average Bonchev–Trinajstić information content (AvgIpc) is 3.27. The minimum absolute atomic E-state index is 0.253. The summed E-state index contributed by atoms with van der Waals surface area (Å²) in [6.45, 7) is 3.73. The fraction of sp³-hybridized carbons (Fsp3) is 0.625. The molecule has 1 saturated carbocycles. The number of hydrogen-bond donors (Lipinski definition) is 2. The van der Waals surface area contributed by atoms with Crippen molar-refractivity contribution >= 4 is 5.91 Å². The summed E-state index contributed by atoms with van der Waals surface area (Å²) < 4.78 is 0. The Morgan fingerprint density at radius 1 is 1.43 bits per heavy atom. The van der Waals surface area contributed by atoms with Crippen LogP contribution in [0.5, 0.6) is 0 Å². The van der Waals surface area contributed by atoms with Crippen molar-refractivity contribution in [3.8, 4) is 0 Å². The van der Waals surface area contributed by atoms with Crippen molar-refractivity contribution < 1.29 is 4.79 Å². The van der Waals surface area contributed by atoms with Crippen molar-refractivity contribution in [1.29, 1.82) is 0 Å². The summed E-state index contributed by atoms with van der Waals surface area (Å²) >= 11 is 0. The highest BCUT2D eigenvalue weighted by Crippen LogP contribution is 2.24. The molecule has 1 aromatic heterocycles. The minimum atomic E-state index is -0.591. The molecule has 1 aliphatic carbocycles. The van der Waals surface area contributed by atoms with Crippen LogP contribution in [0.4, 0.5) is 0 Å². The fourth-order valence-electron chi connectivity index (χ4n) is 2.34. The number of nitrogens with two attached hydrogens (primary N) is 1. The summed E-state index contributed by atoms with van der Waals surface area (Å²) in [4.78, 5) is 18.0. The first-order valence-electron chi connectivity index (χ1n) is 7.65. The molecule has 1 fully saturated rings. The van der Waals surface area contributed by atoms with Gasteiger partial charge in [0, 0.05) is 31.5 Å². The number of hydrogen-bond acceptors (Lipinski definition) is 4. The first-order chi connectivity index (χ1) is 9.99. The van der Waals surface area contributed by atoms with E-state index in [1.54, 1.807) is 0 Å². The third kappa shape index (κ3) is 5.10. The van der Waals surface area contributed by atoms with E-state index in [2.05, 4.69) is 22.2 Å². The van der Waals surface area contributed by atoms with E-state index >= 15 is 0 Å². The number of nitrogens with zero attached hydrogens (tertiary/aromatic N) is 2. The molecule has 0 saturated heterocycles. The molecule has 5 heteroatoms. The first kappa shape index (κ1) is 15.9. The highest BCUT2D eigenvalue weighted by atomic mass is 16.1. The zero-order valence-corrected chi connectivity index (χ0v) is 13.0. The number of carbonyl (C=O) groups excluding carboxylic acids is 1. The van der Waals surface area contributed by atoms with Crippen LogP contribution < -0.4 is 11.1 Å². The van der Waals surface area contributed by atoms with Crippen molar-refractivity contribution in [3.05, 3.63) is 30.1 Å². The van der Waals surface area contributed by atoms with Gasteiger partial charge < -0.3 is 16.0 Å². The lowest BCUT2D eigenvalue weighted by Crippen LogP contribution is -2.55. The summed E-state index contributed by atoms with van der Waals surface area (Å²) in [5, 5.41) is 3.39. The van der Waals surface area contributed by atoms with Crippen LogP contribution in [0.25, 0.3) is 0 Å². The van der Waals surface area contributed by atoms with Gasteiger partial charge in [-0.25, -0.2) is 0 Å². The second kappa shape index (κ2) is 7.00. The van der Waals surface area contributed by atoms with Crippen LogP contribution >= 0.6 is 0 Å². The third-order valence-corrected chi connectivity index (χ3v) is 4.17.